The molecule has 0 spiro atoms. The molecule has 1 aliphatic heterocycles. The lowest BCUT2D eigenvalue weighted by atomic mass is 10.1. The first-order chi connectivity index (χ1) is 13.5. The van der Waals surface area contributed by atoms with Crippen LogP contribution in [-0.2, 0) is 22.0 Å². The van der Waals surface area contributed by atoms with Gasteiger partial charge in [0.05, 0.1) is 13.2 Å². The fourth-order valence-electron chi connectivity index (χ4n) is 3.22. The van der Waals surface area contributed by atoms with Gasteiger partial charge in [-0.2, -0.15) is 4.98 Å². The molecule has 1 aromatic carbocycles. The Labute approximate surface area is 158 Å². The van der Waals surface area contributed by atoms with Crippen LogP contribution in [0.15, 0.2) is 41.5 Å². The first kappa shape index (κ1) is 18.5. The van der Waals surface area contributed by atoms with E-state index in [9.17, 15) is 20.1 Å². The Morgan fingerprint density at radius 2 is 2.07 bits per heavy atom. The average molecular weight is 389 g/mol. The standard InChI is InChI=1S/C17H19N5O6/c18-16-20-14-11(15(26)21-16)19-8-22(14)17(13(25)12(24)10(6-23)28-17)27-7-9-4-2-1-3-5-9/h1-5,8,10,12-13,23-25H,6-7H2,(H3,18,20,21,26)/t10-,12-,13-,17-/m1/s1. The second-order valence-electron chi connectivity index (χ2n) is 6.42. The monoisotopic (exact) mass is 389 g/mol. The van der Waals surface area contributed by atoms with Gasteiger partial charge in [-0.1, -0.05) is 30.3 Å². The first-order valence-electron chi connectivity index (χ1n) is 8.52. The minimum atomic E-state index is -1.98. The minimum Gasteiger partial charge on any atom is -0.394 e. The highest BCUT2D eigenvalue weighted by molar-refractivity contribution is 5.70. The summed E-state index contributed by atoms with van der Waals surface area (Å²) >= 11 is 0. The normalized spacial score (nSPS) is 27.5. The lowest BCUT2D eigenvalue weighted by Gasteiger charge is -2.33. The van der Waals surface area contributed by atoms with E-state index in [-0.39, 0.29) is 23.7 Å². The molecule has 0 unspecified atom stereocenters. The number of aromatic amines is 1. The zero-order chi connectivity index (χ0) is 19.9. The lowest BCUT2D eigenvalue weighted by Crippen LogP contribution is -2.47. The highest BCUT2D eigenvalue weighted by Gasteiger charge is 2.57. The van der Waals surface area contributed by atoms with Gasteiger partial charge in [-0.3, -0.25) is 14.3 Å². The van der Waals surface area contributed by atoms with Gasteiger partial charge in [0.1, 0.15) is 18.5 Å². The smallest absolute Gasteiger partial charge is 0.289 e. The average Bonchev–Trinajstić information content (AvgIpc) is 3.22. The number of aliphatic hydroxyl groups is 3. The summed E-state index contributed by atoms with van der Waals surface area (Å²) in [5.41, 5.74) is 5.78. The van der Waals surface area contributed by atoms with Crippen molar-refractivity contribution in [2.45, 2.75) is 30.8 Å². The Hall–Kier alpha value is -2.83. The number of aromatic nitrogens is 4. The number of imidazole rings is 1. The molecule has 1 saturated heterocycles. The molecule has 11 nitrogen and oxygen atoms in total. The van der Waals surface area contributed by atoms with Crippen molar-refractivity contribution >= 4 is 17.1 Å². The molecule has 0 radical (unpaired) electrons. The van der Waals surface area contributed by atoms with E-state index in [1.165, 1.54) is 10.9 Å². The summed E-state index contributed by atoms with van der Waals surface area (Å²) in [6.07, 6.45) is -2.97. The number of nitrogens with zero attached hydrogens (tertiary/aromatic N) is 3. The molecule has 1 fully saturated rings. The molecule has 4 atom stereocenters. The third kappa shape index (κ3) is 2.85. The molecule has 2 aromatic heterocycles. The van der Waals surface area contributed by atoms with Crippen LogP contribution in [0.4, 0.5) is 5.95 Å². The number of H-pyrrole nitrogens is 1. The van der Waals surface area contributed by atoms with Gasteiger partial charge in [-0.25, -0.2) is 4.98 Å². The van der Waals surface area contributed by atoms with Gasteiger partial charge in [0, 0.05) is 0 Å². The second-order valence-corrected chi connectivity index (χ2v) is 6.42. The van der Waals surface area contributed by atoms with E-state index in [2.05, 4.69) is 15.0 Å². The number of fused-ring (bicyclic) bond motifs is 1. The molecular formula is C17H19N5O6. The third-order valence-electron chi connectivity index (χ3n) is 4.63. The van der Waals surface area contributed by atoms with E-state index < -0.39 is 36.4 Å². The summed E-state index contributed by atoms with van der Waals surface area (Å²) in [7, 11) is 0. The highest BCUT2D eigenvalue weighted by Crippen LogP contribution is 2.39. The number of anilines is 1. The maximum absolute atomic E-state index is 12.1. The van der Waals surface area contributed by atoms with Gasteiger partial charge in [-0.15, -0.1) is 0 Å². The van der Waals surface area contributed by atoms with E-state index >= 15 is 0 Å². The Balaban J connectivity index is 1.83. The van der Waals surface area contributed by atoms with E-state index in [0.717, 1.165) is 5.56 Å². The molecule has 3 heterocycles. The topological polar surface area (TPSA) is 169 Å². The zero-order valence-electron chi connectivity index (χ0n) is 14.6. The number of aliphatic hydroxyl groups excluding tert-OH is 3. The maximum Gasteiger partial charge on any atom is 0.289 e. The van der Waals surface area contributed by atoms with Gasteiger partial charge in [0.25, 0.3) is 11.5 Å². The Morgan fingerprint density at radius 3 is 2.75 bits per heavy atom. The first-order valence-corrected chi connectivity index (χ1v) is 8.52. The molecule has 1 aliphatic rings. The van der Waals surface area contributed by atoms with Crippen molar-refractivity contribution in [3.8, 4) is 0 Å². The summed E-state index contributed by atoms with van der Waals surface area (Å²) in [5, 5.41) is 30.6. The quantitative estimate of drug-likeness (QED) is 0.354. The number of ether oxygens (including phenoxy) is 2. The number of rotatable bonds is 5. The fourth-order valence-corrected chi connectivity index (χ4v) is 3.22. The Morgan fingerprint density at radius 1 is 1.32 bits per heavy atom. The van der Waals surface area contributed by atoms with Crippen LogP contribution in [0, 0.1) is 0 Å². The number of nitrogens with one attached hydrogen (secondary N) is 1. The van der Waals surface area contributed by atoms with Crippen LogP contribution in [0.3, 0.4) is 0 Å². The van der Waals surface area contributed by atoms with Gasteiger partial charge < -0.3 is 30.5 Å². The van der Waals surface area contributed by atoms with Crippen LogP contribution < -0.4 is 11.3 Å². The molecule has 0 aliphatic carbocycles. The Bertz CT molecular complexity index is 1040. The molecule has 0 bridgehead atoms. The SMILES string of the molecule is Nc1nc2c(ncn2[C@]2(OCc3ccccc3)O[C@H](CO)[C@@H](O)[C@H]2O)c(=O)[nH]1. The van der Waals surface area contributed by atoms with Crippen molar-refractivity contribution in [1.29, 1.82) is 0 Å². The van der Waals surface area contributed by atoms with Crippen LogP contribution in [0.5, 0.6) is 0 Å². The van der Waals surface area contributed by atoms with Crippen molar-refractivity contribution in [2.24, 2.45) is 0 Å². The van der Waals surface area contributed by atoms with E-state index in [4.69, 9.17) is 15.2 Å². The van der Waals surface area contributed by atoms with Crippen LogP contribution in [0.1, 0.15) is 5.56 Å². The van der Waals surface area contributed by atoms with Gasteiger partial charge in [0.2, 0.25) is 5.95 Å². The largest absolute Gasteiger partial charge is 0.394 e. The number of nitrogen functional groups attached to an aromatic ring is 1. The summed E-state index contributed by atoms with van der Waals surface area (Å²) in [6.45, 7) is -0.557. The molecule has 6 N–H and O–H groups in total. The molecule has 0 saturated carbocycles. The molecule has 3 aromatic rings. The van der Waals surface area contributed by atoms with Crippen molar-refractivity contribution in [2.75, 3.05) is 12.3 Å². The van der Waals surface area contributed by atoms with Crippen LogP contribution >= 0.6 is 0 Å². The van der Waals surface area contributed by atoms with Gasteiger partial charge >= 0.3 is 0 Å². The van der Waals surface area contributed by atoms with Crippen molar-refractivity contribution in [1.82, 2.24) is 19.5 Å². The molecule has 11 heteroatoms. The van der Waals surface area contributed by atoms with Crippen molar-refractivity contribution in [3.05, 3.63) is 52.6 Å². The minimum absolute atomic E-state index is 0.000786. The summed E-state index contributed by atoms with van der Waals surface area (Å²) in [4.78, 5) is 22.5. The van der Waals surface area contributed by atoms with E-state index in [1.54, 1.807) is 0 Å². The molecule has 4 rings (SSSR count). The van der Waals surface area contributed by atoms with Crippen LogP contribution in [0.2, 0.25) is 0 Å². The summed E-state index contributed by atoms with van der Waals surface area (Å²) in [6, 6.07) is 9.09. The van der Waals surface area contributed by atoms with Crippen molar-refractivity contribution < 1.29 is 24.8 Å². The van der Waals surface area contributed by atoms with Gasteiger partial charge in [-0.05, 0) is 5.56 Å². The molecule has 148 valence electrons. The van der Waals surface area contributed by atoms with E-state index in [0.29, 0.717) is 0 Å². The summed E-state index contributed by atoms with van der Waals surface area (Å²) < 4.78 is 12.8. The van der Waals surface area contributed by atoms with Crippen LogP contribution in [-0.4, -0.2) is 59.8 Å². The predicted molar refractivity (Wildman–Crippen MR) is 95.7 cm³/mol. The third-order valence-corrected chi connectivity index (χ3v) is 4.63. The van der Waals surface area contributed by atoms with Crippen LogP contribution in [0.25, 0.3) is 11.2 Å². The fraction of sp³-hybridized carbons (Fsp3) is 0.353. The molecule has 28 heavy (non-hydrogen) atoms. The lowest BCUT2D eigenvalue weighted by molar-refractivity contribution is -0.319. The highest BCUT2D eigenvalue weighted by atomic mass is 16.7. The summed E-state index contributed by atoms with van der Waals surface area (Å²) in [5.74, 6) is -2.14. The Kier molecular flexibility index (Phi) is 4.61. The van der Waals surface area contributed by atoms with E-state index in [1.807, 2.05) is 30.3 Å². The van der Waals surface area contributed by atoms with Crippen molar-refractivity contribution in [3.63, 3.8) is 0 Å². The maximum atomic E-state index is 12.1. The second kappa shape index (κ2) is 6.96. The molecular weight excluding hydrogens is 370 g/mol. The molecule has 0 amide bonds. The predicted octanol–water partition coefficient (Wildman–Crippen LogP) is -1.36. The number of nitrogens with two attached hydrogens (primary N) is 1. The number of hydrogen-bond donors (Lipinski definition) is 5. The number of hydrogen-bond acceptors (Lipinski definition) is 9. The zero-order valence-corrected chi connectivity index (χ0v) is 14.6. The number of benzene rings is 1. The van der Waals surface area contributed by atoms with Gasteiger partial charge in [0.15, 0.2) is 17.3 Å².